The zero-order valence-electron chi connectivity index (χ0n) is 17.1. The second kappa shape index (κ2) is 8.65. The number of benzene rings is 2. The van der Waals surface area contributed by atoms with Crippen LogP contribution in [0.2, 0.25) is 0 Å². The van der Waals surface area contributed by atoms with Gasteiger partial charge in [-0.2, -0.15) is 0 Å². The van der Waals surface area contributed by atoms with Gasteiger partial charge in [0.05, 0.1) is 18.0 Å². The highest BCUT2D eigenvalue weighted by Gasteiger charge is 2.38. The highest BCUT2D eigenvalue weighted by atomic mass is 32.2. The molecule has 1 atom stereocenters. The first kappa shape index (κ1) is 20.7. The van der Waals surface area contributed by atoms with Crippen molar-refractivity contribution in [3.63, 3.8) is 0 Å². The van der Waals surface area contributed by atoms with Gasteiger partial charge in [-0.25, -0.2) is 8.42 Å². The van der Waals surface area contributed by atoms with Crippen LogP contribution in [0.4, 0.5) is 5.69 Å². The molecule has 0 unspecified atom stereocenters. The number of para-hydroxylation sites is 2. The van der Waals surface area contributed by atoms with Gasteiger partial charge in [0.25, 0.3) is 5.91 Å². The number of piperazine rings is 1. The second-order valence-electron chi connectivity index (χ2n) is 7.59. The Kier molecular flexibility index (Phi) is 5.97. The molecule has 2 aliphatic heterocycles. The van der Waals surface area contributed by atoms with Crippen LogP contribution in [-0.4, -0.2) is 68.7 Å². The van der Waals surface area contributed by atoms with Crippen LogP contribution in [0.5, 0.6) is 5.75 Å². The first-order valence-electron chi connectivity index (χ1n) is 10.3. The SMILES string of the molecule is CCS(=O)(=O)N1C[C@@H](C(=O)N2CCN(Cc3ccccc3)CC2)Oc2ccccc21. The van der Waals surface area contributed by atoms with E-state index in [1.54, 1.807) is 36.1 Å². The van der Waals surface area contributed by atoms with Crippen molar-refractivity contribution >= 4 is 21.6 Å². The highest BCUT2D eigenvalue weighted by molar-refractivity contribution is 7.92. The molecule has 160 valence electrons. The summed E-state index contributed by atoms with van der Waals surface area (Å²) in [5.74, 6) is 0.252. The van der Waals surface area contributed by atoms with E-state index in [2.05, 4.69) is 17.0 Å². The summed E-state index contributed by atoms with van der Waals surface area (Å²) >= 11 is 0. The normalized spacial score (nSPS) is 19.8. The summed E-state index contributed by atoms with van der Waals surface area (Å²) in [5, 5.41) is 0. The molecule has 0 spiro atoms. The van der Waals surface area contributed by atoms with Gasteiger partial charge in [0.2, 0.25) is 10.0 Å². The van der Waals surface area contributed by atoms with E-state index in [0.29, 0.717) is 24.5 Å². The third-order valence-corrected chi connectivity index (χ3v) is 7.39. The van der Waals surface area contributed by atoms with Crippen molar-refractivity contribution in [3.05, 3.63) is 60.2 Å². The summed E-state index contributed by atoms with van der Waals surface area (Å²) in [5.41, 5.74) is 1.75. The van der Waals surface area contributed by atoms with Crippen LogP contribution in [0, 0.1) is 0 Å². The lowest BCUT2D eigenvalue weighted by Crippen LogP contribution is -2.56. The Morgan fingerprint density at radius 2 is 1.67 bits per heavy atom. The molecule has 1 saturated heterocycles. The molecule has 1 amide bonds. The van der Waals surface area contributed by atoms with Crippen LogP contribution in [-0.2, 0) is 21.4 Å². The standard InChI is InChI=1S/C22H27N3O4S/c1-2-30(27,28)25-17-21(29-20-11-7-6-10-19(20)25)22(26)24-14-12-23(13-15-24)16-18-8-4-3-5-9-18/h3-11,21H,2,12-17H2,1H3/t21-/m0/s1. The van der Waals surface area contributed by atoms with Crippen molar-refractivity contribution in [2.75, 3.05) is 42.8 Å². The lowest BCUT2D eigenvalue weighted by atomic mass is 10.1. The molecule has 2 aliphatic rings. The fourth-order valence-corrected chi connectivity index (χ4v) is 5.05. The van der Waals surface area contributed by atoms with Crippen LogP contribution in [0.25, 0.3) is 0 Å². The maximum Gasteiger partial charge on any atom is 0.265 e. The molecule has 7 nitrogen and oxygen atoms in total. The van der Waals surface area contributed by atoms with Crippen molar-refractivity contribution in [2.24, 2.45) is 0 Å². The Hall–Kier alpha value is -2.58. The number of sulfonamides is 1. The maximum atomic E-state index is 13.1. The Balaban J connectivity index is 1.43. The first-order chi connectivity index (χ1) is 14.5. The summed E-state index contributed by atoms with van der Waals surface area (Å²) < 4.78 is 32.5. The second-order valence-corrected chi connectivity index (χ2v) is 9.77. The number of anilines is 1. The molecule has 0 N–H and O–H groups in total. The summed E-state index contributed by atoms with van der Waals surface area (Å²) in [6.45, 7) is 5.24. The maximum absolute atomic E-state index is 13.1. The fraction of sp³-hybridized carbons (Fsp3) is 0.409. The average Bonchev–Trinajstić information content (AvgIpc) is 2.79. The van der Waals surface area contributed by atoms with Gasteiger partial charge in [-0.15, -0.1) is 0 Å². The fourth-order valence-electron chi connectivity index (χ4n) is 3.92. The minimum absolute atomic E-state index is 0.0102. The van der Waals surface area contributed by atoms with Gasteiger partial charge in [-0.3, -0.25) is 14.0 Å². The van der Waals surface area contributed by atoms with Crippen molar-refractivity contribution < 1.29 is 17.9 Å². The van der Waals surface area contributed by atoms with Crippen molar-refractivity contribution in [1.82, 2.24) is 9.80 Å². The van der Waals surface area contributed by atoms with Gasteiger partial charge in [-0.1, -0.05) is 42.5 Å². The molecule has 0 saturated carbocycles. The highest BCUT2D eigenvalue weighted by Crippen LogP contribution is 2.35. The van der Waals surface area contributed by atoms with Crippen LogP contribution < -0.4 is 9.04 Å². The Bertz CT molecular complexity index is 988. The number of carbonyl (C=O) groups is 1. The third kappa shape index (κ3) is 4.29. The molecule has 0 radical (unpaired) electrons. The monoisotopic (exact) mass is 429 g/mol. The van der Waals surface area contributed by atoms with E-state index >= 15 is 0 Å². The van der Waals surface area contributed by atoms with E-state index in [1.165, 1.54) is 9.87 Å². The summed E-state index contributed by atoms with van der Waals surface area (Å²) in [6, 6.07) is 17.3. The Labute approximate surface area is 177 Å². The largest absolute Gasteiger partial charge is 0.476 e. The molecule has 4 rings (SSSR count). The molecule has 0 aliphatic carbocycles. The molecule has 8 heteroatoms. The minimum atomic E-state index is -3.50. The number of rotatable bonds is 5. The van der Waals surface area contributed by atoms with E-state index in [1.807, 2.05) is 18.2 Å². The van der Waals surface area contributed by atoms with Crippen molar-refractivity contribution in [3.8, 4) is 5.75 Å². The Morgan fingerprint density at radius 3 is 2.37 bits per heavy atom. The third-order valence-electron chi connectivity index (χ3n) is 5.64. The van der Waals surface area contributed by atoms with E-state index in [-0.39, 0.29) is 18.2 Å². The van der Waals surface area contributed by atoms with Gasteiger partial charge in [0.1, 0.15) is 5.75 Å². The molecular formula is C22H27N3O4S. The lowest BCUT2D eigenvalue weighted by molar-refractivity contribution is -0.140. The molecule has 2 heterocycles. The number of fused-ring (bicyclic) bond motifs is 1. The molecule has 30 heavy (non-hydrogen) atoms. The van der Waals surface area contributed by atoms with Crippen LogP contribution in [0.1, 0.15) is 12.5 Å². The van der Waals surface area contributed by atoms with Crippen LogP contribution in [0.3, 0.4) is 0 Å². The number of ether oxygens (including phenoxy) is 1. The zero-order chi connectivity index (χ0) is 21.1. The van der Waals surface area contributed by atoms with Gasteiger partial charge in [0, 0.05) is 32.7 Å². The molecular weight excluding hydrogens is 402 g/mol. The molecule has 1 fully saturated rings. The van der Waals surface area contributed by atoms with E-state index in [0.717, 1.165) is 19.6 Å². The summed E-state index contributed by atoms with van der Waals surface area (Å²) in [4.78, 5) is 17.3. The number of hydrogen-bond donors (Lipinski definition) is 0. The smallest absolute Gasteiger partial charge is 0.265 e. The van der Waals surface area contributed by atoms with E-state index in [9.17, 15) is 13.2 Å². The first-order valence-corrected chi connectivity index (χ1v) is 11.9. The molecule has 0 bridgehead atoms. The minimum Gasteiger partial charge on any atom is -0.476 e. The lowest BCUT2D eigenvalue weighted by Gasteiger charge is -2.39. The van der Waals surface area contributed by atoms with E-state index < -0.39 is 16.1 Å². The van der Waals surface area contributed by atoms with Crippen molar-refractivity contribution in [2.45, 2.75) is 19.6 Å². The van der Waals surface area contributed by atoms with Gasteiger partial charge >= 0.3 is 0 Å². The van der Waals surface area contributed by atoms with Gasteiger partial charge in [-0.05, 0) is 24.6 Å². The zero-order valence-corrected chi connectivity index (χ0v) is 17.9. The van der Waals surface area contributed by atoms with Crippen LogP contribution >= 0.6 is 0 Å². The number of hydrogen-bond acceptors (Lipinski definition) is 5. The number of nitrogens with zero attached hydrogens (tertiary/aromatic N) is 3. The number of carbonyl (C=O) groups excluding carboxylic acids is 1. The summed E-state index contributed by atoms with van der Waals surface area (Å²) in [7, 11) is -3.50. The molecule has 0 aromatic heterocycles. The van der Waals surface area contributed by atoms with Crippen LogP contribution in [0.15, 0.2) is 54.6 Å². The average molecular weight is 430 g/mol. The summed E-state index contributed by atoms with van der Waals surface area (Å²) in [6.07, 6.45) is -0.832. The predicted octanol–water partition coefficient (Wildman–Crippen LogP) is 1.95. The molecule has 2 aromatic carbocycles. The van der Waals surface area contributed by atoms with Gasteiger partial charge in [0.15, 0.2) is 6.10 Å². The topological polar surface area (TPSA) is 70.2 Å². The predicted molar refractivity (Wildman–Crippen MR) is 116 cm³/mol. The molecule has 2 aromatic rings. The quantitative estimate of drug-likeness (QED) is 0.727. The van der Waals surface area contributed by atoms with Gasteiger partial charge < -0.3 is 9.64 Å². The van der Waals surface area contributed by atoms with E-state index in [4.69, 9.17) is 4.74 Å². The van der Waals surface area contributed by atoms with Crippen molar-refractivity contribution in [1.29, 1.82) is 0 Å². The Morgan fingerprint density at radius 1 is 1.00 bits per heavy atom. The number of amides is 1.